The highest BCUT2D eigenvalue weighted by atomic mass is 35.5. The summed E-state index contributed by atoms with van der Waals surface area (Å²) in [7, 11) is 0. The van der Waals surface area contributed by atoms with Gasteiger partial charge >= 0.3 is 5.97 Å². The predicted octanol–water partition coefficient (Wildman–Crippen LogP) is 4.49. The number of nitrogens with zero attached hydrogens (tertiary/aromatic N) is 1. The Labute approximate surface area is 136 Å². The van der Waals surface area contributed by atoms with Crippen LogP contribution in [0.1, 0.15) is 16.1 Å². The largest absolute Gasteiger partial charge is 0.455 e. The zero-order chi connectivity index (χ0) is 16.2. The van der Waals surface area contributed by atoms with Gasteiger partial charge in [-0.3, -0.25) is 0 Å². The van der Waals surface area contributed by atoms with Crippen LogP contribution in [-0.4, -0.2) is 11.1 Å². The molecule has 0 unspecified atom stereocenters. The van der Waals surface area contributed by atoms with Crippen LogP contribution >= 0.6 is 11.6 Å². The molecular weight excluding hydrogens is 321 g/mol. The molecule has 0 saturated carbocycles. The summed E-state index contributed by atoms with van der Waals surface area (Å²) in [6.45, 7) is -0.0217. The van der Waals surface area contributed by atoms with E-state index < -0.39 is 5.97 Å². The molecule has 6 heteroatoms. The van der Waals surface area contributed by atoms with E-state index in [2.05, 4.69) is 5.16 Å². The fraction of sp³-hybridized carbons (Fsp3) is 0.0588. The quantitative estimate of drug-likeness (QED) is 0.661. The lowest BCUT2D eigenvalue weighted by Crippen LogP contribution is -2.05. The number of hydrogen-bond acceptors (Lipinski definition) is 4. The average molecular weight is 332 g/mol. The molecule has 4 nitrogen and oxygen atoms in total. The molecule has 23 heavy (non-hydrogen) atoms. The molecule has 1 aromatic heterocycles. The molecule has 0 aliphatic carbocycles. The van der Waals surface area contributed by atoms with Crippen LogP contribution in [0.15, 0.2) is 59.1 Å². The van der Waals surface area contributed by atoms with Gasteiger partial charge in [-0.1, -0.05) is 16.8 Å². The molecule has 0 fully saturated rings. The van der Waals surface area contributed by atoms with Crippen molar-refractivity contribution in [3.8, 4) is 11.3 Å². The number of halogens is 2. The molecule has 0 amide bonds. The molecule has 3 rings (SSSR count). The van der Waals surface area contributed by atoms with Gasteiger partial charge in [0.1, 0.15) is 18.1 Å². The third-order valence-electron chi connectivity index (χ3n) is 3.12. The number of carbonyl (C=O) groups excluding carboxylic acids is 1. The van der Waals surface area contributed by atoms with Crippen LogP contribution in [0.2, 0.25) is 5.02 Å². The predicted molar refractivity (Wildman–Crippen MR) is 82.5 cm³/mol. The smallest absolute Gasteiger partial charge is 0.338 e. The second-order valence-corrected chi connectivity index (χ2v) is 5.21. The summed E-state index contributed by atoms with van der Waals surface area (Å²) in [4.78, 5) is 11.9. The maximum Gasteiger partial charge on any atom is 0.338 e. The van der Waals surface area contributed by atoms with Crippen molar-refractivity contribution in [3.05, 3.63) is 76.7 Å². The molecule has 0 radical (unpaired) electrons. The maximum atomic E-state index is 12.9. The van der Waals surface area contributed by atoms with Gasteiger partial charge in [-0.05, 0) is 48.5 Å². The van der Waals surface area contributed by atoms with Crippen molar-refractivity contribution >= 4 is 17.6 Å². The average Bonchev–Trinajstić information content (AvgIpc) is 3.03. The standard InChI is InChI=1S/C17H11ClFNO3/c18-13-5-1-12(2-6-13)17(21)22-10-15-9-16(23-20-15)11-3-7-14(19)8-4-11/h1-9H,10H2. The first-order chi connectivity index (χ1) is 11.1. The molecule has 0 aliphatic heterocycles. The van der Waals surface area contributed by atoms with Crippen LogP contribution in [-0.2, 0) is 11.3 Å². The fourth-order valence-corrected chi connectivity index (χ4v) is 2.06. The molecule has 0 N–H and O–H groups in total. The van der Waals surface area contributed by atoms with Crippen molar-refractivity contribution in [2.45, 2.75) is 6.61 Å². The fourth-order valence-electron chi connectivity index (χ4n) is 1.94. The number of esters is 1. The van der Waals surface area contributed by atoms with E-state index in [0.717, 1.165) is 0 Å². The van der Waals surface area contributed by atoms with E-state index in [9.17, 15) is 9.18 Å². The lowest BCUT2D eigenvalue weighted by Gasteiger charge is -2.02. The summed E-state index contributed by atoms with van der Waals surface area (Å²) in [5.41, 5.74) is 1.55. The summed E-state index contributed by atoms with van der Waals surface area (Å²) >= 11 is 5.76. The lowest BCUT2D eigenvalue weighted by molar-refractivity contribution is 0.0464. The van der Waals surface area contributed by atoms with Crippen molar-refractivity contribution < 1.29 is 18.4 Å². The molecule has 0 aliphatic rings. The first-order valence-electron chi connectivity index (χ1n) is 6.76. The number of aromatic nitrogens is 1. The Hall–Kier alpha value is -2.66. The van der Waals surface area contributed by atoms with Gasteiger partial charge in [0.25, 0.3) is 0 Å². The maximum absolute atomic E-state index is 12.9. The van der Waals surface area contributed by atoms with Crippen molar-refractivity contribution in [2.75, 3.05) is 0 Å². The minimum Gasteiger partial charge on any atom is -0.455 e. The van der Waals surface area contributed by atoms with Crippen LogP contribution in [0.3, 0.4) is 0 Å². The summed E-state index contributed by atoms with van der Waals surface area (Å²) in [6.07, 6.45) is 0. The molecule has 0 spiro atoms. The molecule has 0 bridgehead atoms. The van der Waals surface area contributed by atoms with Crippen LogP contribution in [0.25, 0.3) is 11.3 Å². The summed E-state index contributed by atoms with van der Waals surface area (Å²) in [5, 5.41) is 4.37. The van der Waals surface area contributed by atoms with E-state index in [0.29, 0.717) is 27.6 Å². The second-order valence-electron chi connectivity index (χ2n) is 4.77. The third-order valence-corrected chi connectivity index (χ3v) is 3.37. The van der Waals surface area contributed by atoms with Gasteiger partial charge in [-0.15, -0.1) is 0 Å². The van der Waals surface area contributed by atoms with Gasteiger partial charge in [0.15, 0.2) is 5.76 Å². The molecule has 0 saturated heterocycles. The van der Waals surface area contributed by atoms with Crippen LogP contribution in [0.5, 0.6) is 0 Å². The Morgan fingerprint density at radius 2 is 1.83 bits per heavy atom. The van der Waals surface area contributed by atoms with Gasteiger partial charge in [-0.2, -0.15) is 0 Å². The number of rotatable bonds is 4. The van der Waals surface area contributed by atoms with E-state index in [1.165, 1.54) is 12.1 Å². The summed E-state index contributed by atoms with van der Waals surface area (Å²) < 4.78 is 23.2. The minimum atomic E-state index is -0.479. The van der Waals surface area contributed by atoms with Gasteiger partial charge in [0.05, 0.1) is 5.56 Å². The van der Waals surface area contributed by atoms with Gasteiger partial charge in [0.2, 0.25) is 0 Å². The normalized spacial score (nSPS) is 10.5. The topological polar surface area (TPSA) is 52.3 Å². The molecule has 1 heterocycles. The summed E-state index contributed by atoms with van der Waals surface area (Å²) in [5.74, 6) is -0.332. The van der Waals surface area contributed by atoms with E-state index in [1.807, 2.05) is 0 Å². The Morgan fingerprint density at radius 1 is 1.13 bits per heavy atom. The van der Waals surface area contributed by atoms with E-state index in [1.54, 1.807) is 42.5 Å². The Kier molecular flexibility index (Phi) is 4.39. The number of ether oxygens (including phenoxy) is 1. The number of carbonyl (C=O) groups is 1. The Morgan fingerprint density at radius 3 is 2.52 bits per heavy atom. The lowest BCUT2D eigenvalue weighted by atomic mass is 10.1. The SMILES string of the molecule is O=C(OCc1cc(-c2ccc(F)cc2)on1)c1ccc(Cl)cc1. The number of benzene rings is 2. The van der Waals surface area contributed by atoms with Gasteiger partial charge < -0.3 is 9.26 Å². The zero-order valence-corrected chi connectivity index (χ0v) is 12.6. The van der Waals surface area contributed by atoms with Crippen molar-refractivity contribution in [3.63, 3.8) is 0 Å². The molecular formula is C17H11ClFNO3. The van der Waals surface area contributed by atoms with Crippen LogP contribution < -0.4 is 0 Å². The number of hydrogen-bond donors (Lipinski definition) is 0. The zero-order valence-electron chi connectivity index (χ0n) is 11.8. The monoisotopic (exact) mass is 331 g/mol. The van der Waals surface area contributed by atoms with Gasteiger partial charge in [0, 0.05) is 16.7 Å². The van der Waals surface area contributed by atoms with Crippen LogP contribution in [0, 0.1) is 5.82 Å². The third kappa shape index (κ3) is 3.76. The minimum absolute atomic E-state index is 0.0217. The highest BCUT2D eigenvalue weighted by molar-refractivity contribution is 6.30. The van der Waals surface area contributed by atoms with Crippen LogP contribution in [0.4, 0.5) is 4.39 Å². The Bertz CT molecular complexity index is 813. The molecule has 3 aromatic rings. The molecule has 116 valence electrons. The van der Waals surface area contributed by atoms with E-state index >= 15 is 0 Å². The molecule has 0 atom stereocenters. The van der Waals surface area contributed by atoms with Crippen molar-refractivity contribution in [1.29, 1.82) is 0 Å². The highest BCUT2D eigenvalue weighted by Crippen LogP contribution is 2.21. The van der Waals surface area contributed by atoms with E-state index in [4.69, 9.17) is 20.9 Å². The van der Waals surface area contributed by atoms with Crippen molar-refractivity contribution in [1.82, 2.24) is 5.16 Å². The van der Waals surface area contributed by atoms with E-state index in [-0.39, 0.29) is 12.4 Å². The highest BCUT2D eigenvalue weighted by Gasteiger charge is 2.11. The Balaban J connectivity index is 1.64. The first kappa shape index (κ1) is 15.2. The molecule has 2 aromatic carbocycles. The first-order valence-corrected chi connectivity index (χ1v) is 7.14. The summed E-state index contributed by atoms with van der Waals surface area (Å²) in [6, 6.07) is 13.9. The van der Waals surface area contributed by atoms with Crippen molar-refractivity contribution in [2.24, 2.45) is 0 Å². The van der Waals surface area contributed by atoms with Gasteiger partial charge in [-0.25, -0.2) is 9.18 Å². The second kappa shape index (κ2) is 6.62.